The van der Waals surface area contributed by atoms with Crippen molar-refractivity contribution in [2.45, 2.75) is 33.0 Å². The Labute approximate surface area is 110 Å². The predicted molar refractivity (Wildman–Crippen MR) is 69.2 cm³/mol. The van der Waals surface area contributed by atoms with Crippen molar-refractivity contribution in [2.24, 2.45) is 0 Å². The van der Waals surface area contributed by atoms with E-state index >= 15 is 0 Å². The Hall–Kier alpha value is -1.58. The van der Waals surface area contributed by atoms with Crippen LogP contribution >= 0.6 is 11.3 Å². The molecule has 0 unspecified atom stereocenters. The number of hydrogen-bond acceptors (Lipinski definition) is 5. The first-order chi connectivity index (χ1) is 8.40. The molecule has 0 bridgehead atoms. The highest BCUT2D eigenvalue weighted by Gasteiger charge is 2.14. The number of alkyl carbamates (subject to hydrolysis) is 1. The molecule has 1 rings (SSSR count). The molecule has 1 aromatic heterocycles. The predicted octanol–water partition coefficient (Wildman–Crippen LogP) is 1.51. The zero-order valence-corrected chi connectivity index (χ0v) is 11.4. The van der Waals surface area contributed by atoms with Crippen LogP contribution in [0.15, 0.2) is 5.38 Å². The lowest BCUT2D eigenvalue weighted by Gasteiger charge is -2.18. The lowest BCUT2D eigenvalue weighted by Crippen LogP contribution is -2.32. The van der Waals surface area contributed by atoms with Crippen LogP contribution in [0.2, 0.25) is 0 Å². The van der Waals surface area contributed by atoms with Crippen molar-refractivity contribution in [3.63, 3.8) is 0 Å². The van der Waals surface area contributed by atoms with Crippen molar-refractivity contribution >= 4 is 17.4 Å². The lowest BCUT2D eigenvalue weighted by molar-refractivity contribution is 0.0535. The number of carbonyl (C=O) groups is 1. The van der Waals surface area contributed by atoms with E-state index in [-0.39, 0.29) is 13.2 Å². The summed E-state index contributed by atoms with van der Waals surface area (Å²) in [4.78, 5) is 15.3. The minimum absolute atomic E-state index is 0.0889. The quantitative estimate of drug-likeness (QED) is 0.798. The molecule has 0 aromatic carbocycles. The number of carbonyl (C=O) groups excluding carboxylic acids is 1. The van der Waals surface area contributed by atoms with Crippen LogP contribution in [0.25, 0.3) is 0 Å². The number of thiazole rings is 1. The summed E-state index contributed by atoms with van der Waals surface area (Å²) in [6, 6.07) is 0. The van der Waals surface area contributed by atoms with Crippen LogP contribution in [0, 0.1) is 11.8 Å². The second kappa shape index (κ2) is 6.38. The highest BCUT2D eigenvalue weighted by Crippen LogP contribution is 2.07. The molecule has 0 saturated carbocycles. The molecule has 0 aliphatic carbocycles. The van der Waals surface area contributed by atoms with Crippen molar-refractivity contribution in [3.8, 4) is 11.8 Å². The van der Waals surface area contributed by atoms with Crippen LogP contribution in [0.1, 0.15) is 31.5 Å². The van der Waals surface area contributed by atoms with E-state index in [1.54, 1.807) is 26.2 Å². The van der Waals surface area contributed by atoms with Crippen LogP contribution in [-0.2, 0) is 11.3 Å². The summed E-state index contributed by atoms with van der Waals surface area (Å²) < 4.78 is 5.05. The van der Waals surface area contributed by atoms with Crippen LogP contribution in [0.3, 0.4) is 0 Å². The van der Waals surface area contributed by atoms with E-state index in [2.05, 4.69) is 22.1 Å². The maximum absolute atomic E-state index is 11.3. The number of nitrogens with one attached hydrogen (secondary N) is 1. The average Bonchev–Trinajstić information content (AvgIpc) is 2.70. The van der Waals surface area contributed by atoms with Gasteiger partial charge in [-0.15, -0.1) is 11.3 Å². The van der Waals surface area contributed by atoms with Gasteiger partial charge in [-0.05, 0) is 26.7 Å². The van der Waals surface area contributed by atoms with Crippen molar-refractivity contribution in [2.75, 3.05) is 6.54 Å². The summed E-state index contributed by atoms with van der Waals surface area (Å²) in [6.07, 6.45) is -0.494. The Kier molecular flexibility index (Phi) is 5.13. The molecule has 5 nitrogen and oxygen atoms in total. The monoisotopic (exact) mass is 268 g/mol. The molecule has 0 spiro atoms. The third-order valence-corrected chi connectivity index (χ3v) is 2.44. The maximum Gasteiger partial charge on any atom is 0.408 e. The molecule has 0 atom stereocenters. The number of nitrogens with zero attached hydrogens (tertiary/aromatic N) is 1. The zero-order chi connectivity index (χ0) is 13.6. The Bertz CT molecular complexity index is 466. The van der Waals surface area contributed by atoms with Gasteiger partial charge in [0.15, 0.2) is 5.01 Å². The molecule has 1 aromatic rings. The van der Waals surface area contributed by atoms with Crippen LogP contribution in [0.5, 0.6) is 0 Å². The van der Waals surface area contributed by atoms with Crippen LogP contribution < -0.4 is 5.32 Å². The SMILES string of the molecule is CC(C)(C)OC(=O)NCC#Cc1nc(CO)cs1. The second-order valence-corrected chi connectivity index (χ2v) is 5.32. The first-order valence-electron chi connectivity index (χ1n) is 5.41. The van der Waals surface area contributed by atoms with Gasteiger partial charge in [-0.1, -0.05) is 5.92 Å². The van der Waals surface area contributed by atoms with Gasteiger partial charge < -0.3 is 15.2 Å². The lowest BCUT2D eigenvalue weighted by atomic mass is 10.2. The van der Waals surface area contributed by atoms with Gasteiger partial charge in [0.05, 0.1) is 18.8 Å². The van der Waals surface area contributed by atoms with E-state index in [9.17, 15) is 4.79 Å². The van der Waals surface area contributed by atoms with Gasteiger partial charge in [0.1, 0.15) is 5.60 Å². The third kappa shape index (κ3) is 5.66. The molecule has 0 aliphatic rings. The molecule has 0 aliphatic heterocycles. The van der Waals surface area contributed by atoms with Crippen molar-refractivity contribution < 1.29 is 14.6 Å². The maximum atomic E-state index is 11.3. The summed E-state index contributed by atoms with van der Waals surface area (Å²) in [7, 11) is 0. The summed E-state index contributed by atoms with van der Waals surface area (Å²) >= 11 is 1.35. The van der Waals surface area contributed by atoms with E-state index < -0.39 is 11.7 Å². The van der Waals surface area contributed by atoms with Gasteiger partial charge in [-0.3, -0.25) is 0 Å². The van der Waals surface area contributed by atoms with E-state index in [4.69, 9.17) is 9.84 Å². The van der Waals surface area contributed by atoms with Gasteiger partial charge in [-0.2, -0.15) is 0 Å². The largest absolute Gasteiger partial charge is 0.444 e. The number of aliphatic hydroxyl groups is 1. The first-order valence-corrected chi connectivity index (χ1v) is 6.29. The number of ether oxygens (including phenoxy) is 1. The summed E-state index contributed by atoms with van der Waals surface area (Å²) in [5, 5.41) is 13.7. The Morgan fingerprint density at radius 1 is 1.61 bits per heavy atom. The van der Waals surface area contributed by atoms with Crippen molar-refractivity contribution in [3.05, 3.63) is 16.1 Å². The molecule has 18 heavy (non-hydrogen) atoms. The molecule has 2 N–H and O–H groups in total. The Morgan fingerprint density at radius 2 is 2.33 bits per heavy atom. The number of aromatic nitrogens is 1. The number of rotatable bonds is 2. The normalized spacial score (nSPS) is 10.4. The number of hydrogen-bond donors (Lipinski definition) is 2. The molecule has 6 heteroatoms. The van der Waals surface area contributed by atoms with Gasteiger partial charge in [0, 0.05) is 5.38 Å². The van der Waals surface area contributed by atoms with Crippen LogP contribution in [0.4, 0.5) is 4.79 Å². The van der Waals surface area contributed by atoms with Crippen molar-refractivity contribution in [1.29, 1.82) is 0 Å². The summed E-state index contributed by atoms with van der Waals surface area (Å²) in [5.74, 6) is 5.55. The fourth-order valence-electron chi connectivity index (χ4n) is 0.987. The van der Waals surface area contributed by atoms with Gasteiger partial charge in [0.25, 0.3) is 0 Å². The standard InChI is InChI=1S/C12H16N2O3S/c1-12(2,3)17-11(16)13-6-4-5-10-14-9(7-15)8-18-10/h8,15H,6-7H2,1-3H3,(H,13,16). The van der Waals surface area contributed by atoms with Gasteiger partial charge in [0.2, 0.25) is 0 Å². The fourth-order valence-corrected chi connectivity index (χ4v) is 1.66. The number of aliphatic hydroxyl groups excluding tert-OH is 1. The van der Waals surface area contributed by atoms with E-state index in [1.165, 1.54) is 11.3 Å². The molecule has 0 fully saturated rings. The van der Waals surface area contributed by atoms with E-state index in [0.717, 1.165) is 0 Å². The molecule has 0 saturated heterocycles. The molecule has 1 amide bonds. The van der Waals surface area contributed by atoms with Crippen molar-refractivity contribution in [1.82, 2.24) is 10.3 Å². The summed E-state index contributed by atoms with van der Waals surface area (Å²) in [5.41, 5.74) is 0.0902. The zero-order valence-electron chi connectivity index (χ0n) is 10.6. The average molecular weight is 268 g/mol. The van der Waals surface area contributed by atoms with E-state index in [1.807, 2.05) is 0 Å². The highest BCUT2D eigenvalue weighted by molar-refractivity contribution is 7.10. The third-order valence-electron chi connectivity index (χ3n) is 1.63. The molecular weight excluding hydrogens is 252 g/mol. The molecule has 1 heterocycles. The molecule has 0 radical (unpaired) electrons. The van der Waals surface area contributed by atoms with Gasteiger partial charge >= 0.3 is 6.09 Å². The highest BCUT2D eigenvalue weighted by atomic mass is 32.1. The first kappa shape index (κ1) is 14.5. The Balaban J connectivity index is 2.36. The smallest absolute Gasteiger partial charge is 0.408 e. The minimum atomic E-state index is -0.511. The molecular formula is C12H16N2O3S. The molecule has 98 valence electrons. The Morgan fingerprint density at radius 3 is 2.89 bits per heavy atom. The van der Waals surface area contributed by atoms with Gasteiger partial charge in [-0.25, -0.2) is 9.78 Å². The van der Waals surface area contributed by atoms with Crippen LogP contribution in [-0.4, -0.2) is 28.3 Å². The van der Waals surface area contributed by atoms with E-state index in [0.29, 0.717) is 10.7 Å². The minimum Gasteiger partial charge on any atom is -0.444 e. The number of amides is 1. The fraction of sp³-hybridized carbons (Fsp3) is 0.500. The summed E-state index contributed by atoms with van der Waals surface area (Å²) in [6.45, 7) is 5.50. The topological polar surface area (TPSA) is 71.5 Å². The second-order valence-electron chi connectivity index (χ2n) is 4.46.